The van der Waals surface area contributed by atoms with Crippen molar-refractivity contribution in [3.8, 4) is 0 Å². The number of rotatable bonds is 5. The van der Waals surface area contributed by atoms with Crippen LogP contribution in [-0.2, 0) is 6.54 Å². The number of nitrogens with zero attached hydrogens (tertiary/aromatic N) is 2. The fourth-order valence-electron chi connectivity index (χ4n) is 1.14. The molecule has 1 heterocycles. The fourth-order valence-corrected chi connectivity index (χ4v) is 1.14. The van der Waals surface area contributed by atoms with E-state index in [1.807, 2.05) is 0 Å². The van der Waals surface area contributed by atoms with Crippen LogP contribution in [0.3, 0.4) is 0 Å². The molecule has 0 atom stereocenters. The third-order valence-electron chi connectivity index (χ3n) is 1.91. The van der Waals surface area contributed by atoms with Gasteiger partial charge in [-0.25, -0.2) is 0 Å². The number of aryl methyl sites for hydroxylation is 1. The minimum atomic E-state index is -0.415. The zero-order valence-electron chi connectivity index (χ0n) is 7.86. The van der Waals surface area contributed by atoms with Gasteiger partial charge in [0.2, 0.25) is 0 Å². The van der Waals surface area contributed by atoms with E-state index in [1.165, 1.54) is 19.0 Å². The van der Waals surface area contributed by atoms with E-state index in [0.717, 1.165) is 13.0 Å². The molecule has 72 valence electrons. The molecule has 0 fully saturated rings. The van der Waals surface area contributed by atoms with E-state index in [0.29, 0.717) is 5.56 Å². The summed E-state index contributed by atoms with van der Waals surface area (Å²) >= 11 is 0. The fraction of sp³-hybridized carbons (Fsp3) is 0.556. The van der Waals surface area contributed by atoms with Crippen LogP contribution in [0.15, 0.2) is 12.4 Å². The number of hydrogen-bond acceptors (Lipinski definition) is 2. The number of hydrogen-bond donors (Lipinski definition) is 1. The topological polar surface area (TPSA) is 60.9 Å². The Morgan fingerprint density at radius 2 is 2.38 bits per heavy atom. The van der Waals surface area contributed by atoms with E-state index in [9.17, 15) is 4.79 Å². The first-order chi connectivity index (χ1) is 6.24. The lowest BCUT2D eigenvalue weighted by molar-refractivity contribution is 0.1000. The quantitative estimate of drug-likeness (QED) is 0.693. The summed E-state index contributed by atoms with van der Waals surface area (Å²) in [5.41, 5.74) is 5.57. The smallest absolute Gasteiger partial charge is 0.251 e. The van der Waals surface area contributed by atoms with Gasteiger partial charge >= 0.3 is 0 Å². The Kier molecular flexibility index (Phi) is 3.49. The van der Waals surface area contributed by atoms with Crippen molar-refractivity contribution in [2.45, 2.75) is 32.7 Å². The van der Waals surface area contributed by atoms with Crippen LogP contribution in [0, 0.1) is 0 Å². The average Bonchev–Trinajstić information content (AvgIpc) is 2.53. The second kappa shape index (κ2) is 4.64. The van der Waals surface area contributed by atoms with E-state index in [-0.39, 0.29) is 0 Å². The van der Waals surface area contributed by atoms with E-state index < -0.39 is 5.91 Å². The Morgan fingerprint density at radius 3 is 2.92 bits per heavy atom. The molecule has 0 saturated carbocycles. The van der Waals surface area contributed by atoms with Gasteiger partial charge in [-0.1, -0.05) is 19.8 Å². The van der Waals surface area contributed by atoms with Gasteiger partial charge in [0.1, 0.15) is 0 Å². The highest BCUT2D eigenvalue weighted by molar-refractivity contribution is 5.92. The van der Waals surface area contributed by atoms with Crippen LogP contribution in [-0.4, -0.2) is 15.7 Å². The minimum absolute atomic E-state index is 0.415. The zero-order chi connectivity index (χ0) is 9.68. The number of unbranched alkanes of at least 4 members (excludes halogenated alkanes) is 2. The summed E-state index contributed by atoms with van der Waals surface area (Å²) in [6, 6.07) is 0. The predicted molar refractivity (Wildman–Crippen MR) is 50.3 cm³/mol. The maximum atomic E-state index is 10.7. The third kappa shape index (κ3) is 2.89. The molecule has 0 bridgehead atoms. The third-order valence-corrected chi connectivity index (χ3v) is 1.91. The molecule has 0 aliphatic carbocycles. The number of primary amides is 1. The van der Waals surface area contributed by atoms with Crippen molar-refractivity contribution in [3.63, 3.8) is 0 Å². The highest BCUT2D eigenvalue weighted by Crippen LogP contribution is 2.00. The molecule has 13 heavy (non-hydrogen) atoms. The second-order valence-corrected chi connectivity index (χ2v) is 3.06. The van der Waals surface area contributed by atoms with Crippen LogP contribution < -0.4 is 5.73 Å². The van der Waals surface area contributed by atoms with Crippen LogP contribution in [0.4, 0.5) is 0 Å². The summed E-state index contributed by atoms with van der Waals surface area (Å²) in [6.45, 7) is 3.01. The van der Waals surface area contributed by atoms with Gasteiger partial charge in [-0.2, -0.15) is 5.10 Å². The maximum Gasteiger partial charge on any atom is 0.251 e. The number of carbonyl (C=O) groups is 1. The van der Waals surface area contributed by atoms with Crippen LogP contribution >= 0.6 is 0 Å². The molecule has 1 aromatic heterocycles. The molecule has 1 rings (SSSR count). The molecule has 0 radical (unpaired) electrons. The lowest BCUT2D eigenvalue weighted by Gasteiger charge is -1.98. The van der Waals surface area contributed by atoms with Crippen LogP contribution in [0.5, 0.6) is 0 Å². The normalized spacial score (nSPS) is 10.2. The van der Waals surface area contributed by atoms with E-state index in [1.54, 1.807) is 10.9 Å². The molecule has 0 saturated heterocycles. The molecule has 0 aliphatic rings. The molecular formula is C9H15N3O. The van der Waals surface area contributed by atoms with E-state index in [2.05, 4.69) is 12.0 Å². The van der Waals surface area contributed by atoms with Crippen molar-refractivity contribution < 1.29 is 4.79 Å². The highest BCUT2D eigenvalue weighted by atomic mass is 16.1. The van der Waals surface area contributed by atoms with Gasteiger partial charge in [0, 0.05) is 12.7 Å². The van der Waals surface area contributed by atoms with E-state index in [4.69, 9.17) is 5.73 Å². The zero-order valence-corrected chi connectivity index (χ0v) is 7.86. The van der Waals surface area contributed by atoms with Crippen LogP contribution in [0.25, 0.3) is 0 Å². The summed E-state index contributed by atoms with van der Waals surface area (Å²) in [5.74, 6) is -0.415. The van der Waals surface area contributed by atoms with Crippen molar-refractivity contribution >= 4 is 5.91 Å². The Hall–Kier alpha value is -1.32. The molecule has 0 unspecified atom stereocenters. The van der Waals surface area contributed by atoms with Crippen molar-refractivity contribution in [2.24, 2.45) is 5.73 Å². The second-order valence-electron chi connectivity index (χ2n) is 3.06. The highest BCUT2D eigenvalue weighted by Gasteiger charge is 2.02. The molecule has 2 N–H and O–H groups in total. The predicted octanol–water partition coefficient (Wildman–Crippen LogP) is 1.17. The Morgan fingerprint density at radius 1 is 1.62 bits per heavy atom. The molecule has 0 aromatic carbocycles. The molecule has 4 nitrogen and oxygen atoms in total. The lowest BCUT2D eigenvalue weighted by Crippen LogP contribution is -2.09. The molecule has 0 aliphatic heterocycles. The van der Waals surface area contributed by atoms with Crippen molar-refractivity contribution in [1.82, 2.24) is 9.78 Å². The number of amides is 1. The Bertz CT molecular complexity index is 280. The first-order valence-corrected chi connectivity index (χ1v) is 4.56. The van der Waals surface area contributed by atoms with Crippen LogP contribution in [0.1, 0.15) is 36.5 Å². The SMILES string of the molecule is CCCCCn1cc(C(N)=O)cn1. The maximum absolute atomic E-state index is 10.7. The van der Waals surface area contributed by atoms with Crippen molar-refractivity contribution in [2.75, 3.05) is 0 Å². The molecular weight excluding hydrogens is 166 g/mol. The first-order valence-electron chi connectivity index (χ1n) is 4.56. The monoisotopic (exact) mass is 181 g/mol. The van der Waals surface area contributed by atoms with Gasteiger partial charge in [0.25, 0.3) is 5.91 Å². The molecule has 1 aromatic rings. The van der Waals surface area contributed by atoms with Gasteiger partial charge in [-0.05, 0) is 6.42 Å². The molecule has 4 heteroatoms. The standard InChI is InChI=1S/C9H15N3O/c1-2-3-4-5-12-7-8(6-11-12)9(10)13/h6-7H,2-5H2,1H3,(H2,10,13). The molecule has 1 amide bonds. The van der Waals surface area contributed by atoms with Gasteiger partial charge in [0.15, 0.2) is 0 Å². The van der Waals surface area contributed by atoms with Crippen LogP contribution in [0.2, 0.25) is 0 Å². The number of nitrogens with two attached hydrogens (primary N) is 1. The lowest BCUT2D eigenvalue weighted by atomic mass is 10.2. The Labute approximate surface area is 77.7 Å². The van der Waals surface area contributed by atoms with Gasteiger partial charge in [0.05, 0.1) is 11.8 Å². The summed E-state index contributed by atoms with van der Waals surface area (Å²) in [5, 5.41) is 4.03. The summed E-state index contributed by atoms with van der Waals surface area (Å²) < 4.78 is 1.76. The summed E-state index contributed by atoms with van der Waals surface area (Å²) in [6.07, 6.45) is 6.67. The summed E-state index contributed by atoms with van der Waals surface area (Å²) in [4.78, 5) is 10.7. The van der Waals surface area contributed by atoms with Crippen molar-refractivity contribution in [1.29, 1.82) is 0 Å². The average molecular weight is 181 g/mol. The molecule has 0 spiro atoms. The van der Waals surface area contributed by atoms with Gasteiger partial charge in [-0.3, -0.25) is 9.48 Å². The summed E-state index contributed by atoms with van der Waals surface area (Å²) in [7, 11) is 0. The Balaban J connectivity index is 2.44. The number of aromatic nitrogens is 2. The van der Waals surface area contributed by atoms with Gasteiger partial charge < -0.3 is 5.73 Å². The first kappa shape index (κ1) is 9.77. The van der Waals surface area contributed by atoms with E-state index >= 15 is 0 Å². The largest absolute Gasteiger partial charge is 0.366 e. The minimum Gasteiger partial charge on any atom is -0.366 e. The van der Waals surface area contributed by atoms with Crippen molar-refractivity contribution in [3.05, 3.63) is 18.0 Å². The van der Waals surface area contributed by atoms with Gasteiger partial charge in [-0.15, -0.1) is 0 Å². The number of carbonyl (C=O) groups excluding carboxylic acids is 1.